The third-order valence-corrected chi connectivity index (χ3v) is 6.81. The minimum Gasteiger partial charge on any atom is -0.465 e. The van der Waals surface area contributed by atoms with Gasteiger partial charge < -0.3 is 14.6 Å². The highest BCUT2D eigenvalue weighted by Gasteiger charge is 2.26. The van der Waals surface area contributed by atoms with Crippen LogP contribution in [0.4, 0.5) is 5.00 Å². The number of nitrogens with zero attached hydrogens (tertiary/aromatic N) is 1. The Bertz CT molecular complexity index is 1190. The van der Waals surface area contributed by atoms with E-state index in [4.69, 9.17) is 4.74 Å². The van der Waals surface area contributed by atoms with Crippen LogP contribution in [0.3, 0.4) is 0 Å². The van der Waals surface area contributed by atoms with E-state index in [0.717, 1.165) is 52.6 Å². The number of para-hydroxylation sites is 1. The summed E-state index contributed by atoms with van der Waals surface area (Å²) in [6.45, 7) is 2.18. The zero-order valence-corrected chi connectivity index (χ0v) is 17.9. The van der Waals surface area contributed by atoms with Gasteiger partial charge in [0.2, 0.25) is 5.91 Å². The second-order valence-corrected chi connectivity index (χ2v) is 8.64. The Labute approximate surface area is 178 Å². The Kier molecular flexibility index (Phi) is 5.72. The van der Waals surface area contributed by atoms with Crippen molar-refractivity contribution < 1.29 is 14.3 Å². The summed E-state index contributed by atoms with van der Waals surface area (Å²) >= 11 is 1.46. The molecule has 0 fully saturated rings. The van der Waals surface area contributed by atoms with Crippen molar-refractivity contribution in [2.24, 2.45) is 0 Å². The molecule has 1 aromatic carbocycles. The summed E-state index contributed by atoms with van der Waals surface area (Å²) < 4.78 is 6.59. The fourth-order valence-corrected chi connectivity index (χ4v) is 5.40. The lowest BCUT2D eigenvalue weighted by atomic mass is 9.95. The van der Waals surface area contributed by atoms with E-state index in [-0.39, 0.29) is 24.4 Å². The number of amides is 1. The second kappa shape index (κ2) is 8.44. The fraction of sp³-hybridized carbons (Fsp3) is 0.348. The molecule has 1 aliphatic carbocycles. The van der Waals surface area contributed by atoms with Gasteiger partial charge in [-0.3, -0.25) is 9.59 Å². The quantitative estimate of drug-likeness (QED) is 0.627. The SMILES string of the molecule is COC(=O)c1c(NC(=O)CCn2c(=O)cc(C)c3ccccc32)sc2c1CCCC2. The van der Waals surface area contributed by atoms with E-state index in [0.29, 0.717) is 10.6 Å². The number of fused-ring (bicyclic) bond motifs is 2. The van der Waals surface area contributed by atoms with Crippen LogP contribution in [0.15, 0.2) is 35.1 Å². The Morgan fingerprint density at radius 1 is 1.20 bits per heavy atom. The zero-order valence-electron chi connectivity index (χ0n) is 17.1. The summed E-state index contributed by atoms with van der Waals surface area (Å²) in [7, 11) is 1.36. The Hall–Kier alpha value is -2.93. The number of pyridine rings is 1. The molecule has 156 valence electrons. The van der Waals surface area contributed by atoms with Crippen LogP contribution in [-0.2, 0) is 28.9 Å². The van der Waals surface area contributed by atoms with Crippen LogP contribution in [0, 0.1) is 6.92 Å². The summed E-state index contributed by atoms with van der Waals surface area (Å²) in [6.07, 6.45) is 4.01. The molecule has 2 aromatic heterocycles. The van der Waals surface area contributed by atoms with Crippen molar-refractivity contribution in [1.29, 1.82) is 0 Å². The molecule has 0 saturated carbocycles. The summed E-state index contributed by atoms with van der Waals surface area (Å²) in [6, 6.07) is 9.28. The Morgan fingerprint density at radius 2 is 1.97 bits per heavy atom. The number of esters is 1. The first-order valence-electron chi connectivity index (χ1n) is 10.1. The first-order chi connectivity index (χ1) is 14.5. The third-order valence-electron chi connectivity index (χ3n) is 5.60. The molecule has 30 heavy (non-hydrogen) atoms. The van der Waals surface area contributed by atoms with Gasteiger partial charge in [-0.25, -0.2) is 4.79 Å². The van der Waals surface area contributed by atoms with Crippen LogP contribution in [-0.4, -0.2) is 23.6 Å². The molecule has 0 unspecified atom stereocenters. The molecule has 0 aliphatic heterocycles. The number of anilines is 1. The van der Waals surface area contributed by atoms with Gasteiger partial charge in [0.05, 0.1) is 18.2 Å². The predicted molar refractivity (Wildman–Crippen MR) is 118 cm³/mol. The van der Waals surface area contributed by atoms with E-state index in [9.17, 15) is 14.4 Å². The summed E-state index contributed by atoms with van der Waals surface area (Å²) in [5, 5.41) is 4.45. The van der Waals surface area contributed by atoms with Gasteiger partial charge in [0.1, 0.15) is 5.00 Å². The van der Waals surface area contributed by atoms with Crippen LogP contribution in [0.2, 0.25) is 0 Å². The standard InChI is InChI=1S/C23H24N2O4S/c1-14-13-20(27)25(17-9-5-3-7-15(14)17)12-11-19(26)24-22-21(23(28)29-2)16-8-4-6-10-18(16)30-22/h3,5,7,9,13H,4,6,8,10-12H2,1-2H3,(H,24,26). The van der Waals surface area contributed by atoms with Crippen LogP contribution < -0.4 is 10.9 Å². The van der Waals surface area contributed by atoms with Crippen LogP contribution in [0.5, 0.6) is 0 Å². The summed E-state index contributed by atoms with van der Waals surface area (Å²) in [4.78, 5) is 38.7. The largest absolute Gasteiger partial charge is 0.465 e. The highest BCUT2D eigenvalue weighted by molar-refractivity contribution is 7.17. The van der Waals surface area contributed by atoms with Crippen LogP contribution in [0.1, 0.15) is 45.6 Å². The van der Waals surface area contributed by atoms with E-state index in [1.54, 1.807) is 10.6 Å². The Morgan fingerprint density at radius 3 is 2.77 bits per heavy atom. The topological polar surface area (TPSA) is 77.4 Å². The van der Waals surface area contributed by atoms with Gasteiger partial charge in [0.25, 0.3) is 5.56 Å². The van der Waals surface area contributed by atoms with Crippen LogP contribution >= 0.6 is 11.3 Å². The summed E-state index contributed by atoms with van der Waals surface area (Å²) in [5.74, 6) is -0.638. The van der Waals surface area contributed by atoms with Gasteiger partial charge in [0, 0.05) is 29.3 Å². The van der Waals surface area contributed by atoms with Gasteiger partial charge in [-0.15, -0.1) is 11.3 Å². The molecule has 0 saturated heterocycles. The molecule has 0 bridgehead atoms. The molecule has 4 rings (SSSR count). The molecule has 0 spiro atoms. The number of ether oxygens (including phenoxy) is 1. The number of rotatable bonds is 5. The molecule has 2 heterocycles. The third kappa shape index (κ3) is 3.77. The van der Waals surface area contributed by atoms with Gasteiger partial charge >= 0.3 is 5.97 Å². The Balaban J connectivity index is 1.56. The maximum absolute atomic E-state index is 12.7. The number of hydrogen-bond acceptors (Lipinski definition) is 5. The zero-order chi connectivity index (χ0) is 21.3. The van der Waals surface area contributed by atoms with Crippen molar-refractivity contribution in [3.63, 3.8) is 0 Å². The average Bonchev–Trinajstić information content (AvgIpc) is 3.10. The summed E-state index contributed by atoms with van der Waals surface area (Å²) in [5.41, 5.74) is 3.11. The smallest absolute Gasteiger partial charge is 0.341 e. The molecule has 7 heteroatoms. The first-order valence-corrected chi connectivity index (χ1v) is 10.9. The normalized spacial score (nSPS) is 13.1. The lowest BCUT2D eigenvalue weighted by Gasteiger charge is -2.12. The minimum atomic E-state index is -0.412. The molecule has 1 amide bonds. The lowest BCUT2D eigenvalue weighted by molar-refractivity contribution is -0.116. The van der Waals surface area contributed by atoms with Crippen molar-refractivity contribution in [3.05, 3.63) is 62.3 Å². The van der Waals surface area contributed by atoms with Gasteiger partial charge in [-0.05, 0) is 49.8 Å². The molecular formula is C23H24N2O4S. The van der Waals surface area contributed by atoms with Crippen molar-refractivity contribution in [2.75, 3.05) is 12.4 Å². The van der Waals surface area contributed by atoms with E-state index in [2.05, 4.69) is 5.32 Å². The number of hydrogen-bond donors (Lipinski definition) is 1. The number of benzene rings is 1. The average molecular weight is 425 g/mol. The molecular weight excluding hydrogens is 400 g/mol. The van der Waals surface area contributed by atoms with Crippen molar-refractivity contribution in [1.82, 2.24) is 4.57 Å². The van der Waals surface area contributed by atoms with E-state index in [1.807, 2.05) is 31.2 Å². The van der Waals surface area contributed by atoms with E-state index < -0.39 is 5.97 Å². The number of carbonyl (C=O) groups excluding carboxylic acids is 2. The monoisotopic (exact) mass is 424 g/mol. The number of methoxy groups -OCH3 is 1. The maximum Gasteiger partial charge on any atom is 0.341 e. The number of carbonyl (C=O) groups is 2. The fourth-order valence-electron chi connectivity index (χ4n) is 4.11. The molecule has 6 nitrogen and oxygen atoms in total. The van der Waals surface area contributed by atoms with Crippen molar-refractivity contribution in [3.8, 4) is 0 Å². The minimum absolute atomic E-state index is 0.124. The van der Waals surface area contributed by atoms with Gasteiger partial charge in [-0.2, -0.15) is 0 Å². The first kappa shape index (κ1) is 20.3. The number of thiophene rings is 1. The van der Waals surface area contributed by atoms with Gasteiger partial charge in [-0.1, -0.05) is 18.2 Å². The van der Waals surface area contributed by atoms with E-state index >= 15 is 0 Å². The predicted octanol–water partition coefficient (Wildman–Crippen LogP) is 4.07. The molecule has 0 atom stereocenters. The van der Waals surface area contributed by atoms with Crippen molar-refractivity contribution >= 4 is 39.1 Å². The number of aromatic nitrogens is 1. The second-order valence-electron chi connectivity index (χ2n) is 7.54. The lowest BCUT2D eigenvalue weighted by Crippen LogP contribution is -2.23. The molecule has 1 N–H and O–H groups in total. The molecule has 1 aliphatic rings. The number of nitrogens with one attached hydrogen (secondary N) is 1. The number of aryl methyl sites for hydroxylation is 3. The van der Waals surface area contributed by atoms with Crippen LogP contribution in [0.25, 0.3) is 10.9 Å². The van der Waals surface area contributed by atoms with E-state index in [1.165, 1.54) is 18.4 Å². The highest BCUT2D eigenvalue weighted by Crippen LogP contribution is 2.38. The van der Waals surface area contributed by atoms with Gasteiger partial charge in [0.15, 0.2) is 0 Å². The maximum atomic E-state index is 12.7. The molecule has 0 radical (unpaired) electrons. The van der Waals surface area contributed by atoms with Crippen molar-refractivity contribution in [2.45, 2.75) is 45.6 Å². The molecule has 3 aromatic rings. The highest BCUT2D eigenvalue weighted by atomic mass is 32.1.